The molecular formula is C16H14ClN5O4S. The van der Waals surface area contributed by atoms with Crippen molar-refractivity contribution in [2.75, 3.05) is 0 Å². The van der Waals surface area contributed by atoms with Crippen molar-refractivity contribution in [1.82, 2.24) is 9.78 Å². The Kier molecular flexibility index (Phi) is 4.87. The Morgan fingerprint density at radius 2 is 1.81 bits per heavy atom. The monoisotopic (exact) mass is 407 g/mol. The van der Waals surface area contributed by atoms with Gasteiger partial charge < -0.3 is 5.11 Å². The fraction of sp³-hybridized carbons (Fsp3) is 0.0625. The smallest absolute Gasteiger partial charge is 0.299 e. The van der Waals surface area contributed by atoms with Crippen molar-refractivity contribution in [2.45, 2.75) is 11.8 Å². The number of aromatic nitrogens is 2. The molecule has 0 saturated heterocycles. The van der Waals surface area contributed by atoms with Crippen molar-refractivity contribution >= 4 is 33.0 Å². The number of primary sulfonamides is 1. The lowest BCUT2D eigenvalue weighted by Gasteiger charge is -2.01. The van der Waals surface area contributed by atoms with Gasteiger partial charge in [0.1, 0.15) is 11.4 Å². The number of halogens is 1. The summed E-state index contributed by atoms with van der Waals surface area (Å²) in [6.45, 7) is 1.63. The average Bonchev–Trinajstić information content (AvgIpc) is 2.88. The molecule has 9 nitrogen and oxygen atoms in total. The van der Waals surface area contributed by atoms with E-state index in [9.17, 15) is 18.3 Å². The summed E-state index contributed by atoms with van der Waals surface area (Å²) in [7, 11) is -3.97. The molecule has 0 saturated carbocycles. The van der Waals surface area contributed by atoms with Crippen molar-refractivity contribution in [1.29, 1.82) is 0 Å². The van der Waals surface area contributed by atoms with Gasteiger partial charge in [0.05, 0.1) is 16.3 Å². The molecule has 0 fully saturated rings. The number of aromatic amines is 1. The number of hydrogen-bond donors (Lipinski definition) is 3. The molecule has 0 unspecified atom stereocenters. The van der Waals surface area contributed by atoms with Gasteiger partial charge in [0, 0.05) is 5.02 Å². The van der Waals surface area contributed by atoms with Crippen molar-refractivity contribution in [3.63, 3.8) is 0 Å². The summed E-state index contributed by atoms with van der Waals surface area (Å²) < 4.78 is 24.1. The molecule has 0 radical (unpaired) electrons. The predicted octanol–water partition coefficient (Wildman–Crippen LogP) is 2.90. The van der Waals surface area contributed by atoms with Crippen LogP contribution in [0.2, 0.25) is 5.02 Å². The lowest BCUT2D eigenvalue weighted by molar-refractivity contribution is 0.476. The van der Waals surface area contributed by atoms with Gasteiger partial charge in [-0.2, -0.15) is 0 Å². The molecule has 140 valence electrons. The number of H-pyrrole nitrogens is 1. The minimum absolute atomic E-state index is 0.00496. The van der Waals surface area contributed by atoms with E-state index in [2.05, 4.69) is 15.3 Å². The molecule has 3 rings (SSSR count). The number of phenols is 1. The molecule has 0 aliphatic carbocycles. The van der Waals surface area contributed by atoms with Crippen LogP contribution in [-0.2, 0) is 10.0 Å². The van der Waals surface area contributed by atoms with Gasteiger partial charge in [-0.25, -0.2) is 18.2 Å². The molecular weight excluding hydrogens is 394 g/mol. The highest BCUT2D eigenvalue weighted by atomic mass is 35.5. The number of nitrogens with one attached hydrogen (secondary N) is 1. The van der Waals surface area contributed by atoms with Gasteiger partial charge in [-0.1, -0.05) is 11.6 Å². The number of sulfonamides is 1. The molecule has 0 aliphatic rings. The first-order valence-electron chi connectivity index (χ1n) is 7.52. The van der Waals surface area contributed by atoms with Crippen molar-refractivity contribution < 1.29 is 13.5 Å². The molecule has 0 bridgehead atoms. The summed E-state index contributed by atoms with van der Waals surface area (Å²) >= 11 is 5.85. The standard InChI is InChI=1S/C16H14ClN5O4S/c1-9-15(16(24)22(21-9)11-4-2-10(17)3-5-11)20-19-13-8-12(27(18,25)26)6-7-14(13)23/h2-8,21,23H,1H3,(H2,18,25,26). The molecule has 27 heavy (non-hydrogen) atoms. The molecule has 11 heteroatoms. The summed E-state index contributed by atoms with van der Waals surface area (Å²) in [6.07, 6.45) is 0. The van der Waals surface area contributed by atoms with Gasteiger partial charge in [-0.3, -0.25) is 9.89 Å². The van der Waals surface area contributed by atoms with E-state index in [-0.39, 0.29) is 22.0 Å². The Balaban J connectivity index is 2.02. The number of nitrogens with zero attached hydrogens (tertiary/aromatic N) is 3. The Morgan fingerprint density at radius 1 is 1.15 bits per heavy atom. The maximum atomic E-state index is 12.6. The zero-order chi connectivity index (χ0) is 19.8. The van der Waals surface area contributed by atoms with Crippen molar-refractivity contribution in [2.24, 2.45) is 15.4 Å². The van der Waals surface area contributed by atoms with E-state index < -0.39 is 15.6 Å². The Labute approximate surface area is 158 Å². The van der Waals surface area contributed by atoms with Gasteiger partial charge >= 0.3 is 0 Å². The third kappa shape index (κ3) is 3.92. The SMILES string of the molecule is Cc1[nH]n(-c2ccc(Cl)cc2)c(=O)c1N=Nc1cc(S(N)(=O)=O)ccc1O. The summed E-state index contributed by atoms with van der Waals surface area (Å²) in [6, 6.07) is 9.91. The minimum Gasteiger partial charge on any atom is -0.506 e. The molecule has 0 amide bonds. The third-order valence-electron chi connectivity index (χ3n) is 3.66. The first kappa shape index (κ1) is 18.8. The lowest BCUT2D eigenvalue weighted by atomic mass is 10.3. The van der Waals surface area contributed by atoms with E-state index in [1.54, 1.807) is 31.2 Å². The second kappa shape index (κ2) is 6.99. The predicted molar refractivity (Wildman–Crippen MR) is 99.8 cm³/mol. The van der Waals surface area contributed by atoms with Gasteiger partial charge in [0.15, 0.2) is 5.69 Å². The van der Waals surface area contributed by atoms with Crippen LogP contribution in [0.15, 0.2) is 62.4 Å². The summed E-state index contributed by atoms with van der Waals surface area (Å²) in [4.78, 5) is 12.3. The zero-order valence-corrected chi connectivity index (χ0v) is 15.5. The van der Waals surface area contributed by atoms with Gasteiger partial charge in [0.25, 0.3) is 5.56 Å². The highest BCUT2D eigenvalue weighted by Gasteiger charge is 2.14. The molecule has 3 aromatic rings. The highest BCUT2D eigenvalue weighted by Crippen LogP contribution is 2.30. The quantitative estimate of drug-likeness (QED) is 0.571. The zero-order valence-electron chi connectivity index (χ0n) is 13.9. The van der Waals surface area contributed by atoms with Crippen LogP contribution in [-0.4, -0.2) is 23.3 Å². The molecule has 0 spiro atoms. The summed E-state index contributed by atoms with van der Waals surface area (Å²) in [5.41, 5.74) is 0.374. The summed E-state index contributed by atoms with van der Waals surface area (Å²) in [5, 5.41) is 25.9. The average molecular weight is 408 g/mol. The maximum Gasteiger partial charge on any atom is 0.299 e. The molecule has 2 aromatic carbocycles. The van der Waals surface area contributed by atoms with Crippen molar-refractivity contribution in [3.8, 4) is 11.4 Å². The van der Waals surface area contributed by atoms with Crippen LogP contribution in [0.5, 0.6) is 5.75 Å². The number of hydrogen-bond acceptors (Lipinski definition) is 6. The van der Waals surface area contributed by atoms with E-state index in [1.807, 2.05) is 0 Å². The van der Waals surface area contributed by atoms with Crippen LogP contribution >= 0.6 is 11.6 Å². The maximum absolute atomic E-state index is 12.6. The number of rotatable bonds is 4. The number of benzene rings is 2. The topological polar surface area (TPSA) is 143 Å². The van der Waals surface area contributed by atoms with Crippen LogP contribution in [0, 0.1) is 6.92 Å². The Morgan fingerprint density at radius 3 is 2.44 bits per heavy atom. The first-order valence-corrected chi connectivity index (χ1v) is 9.44. The van der Waals surface area contributed by atoms with Gasteiger partial charge in [-0.05, 0) is 49.4 Å². The molecule has 0 aliphatic heterocycles. The number of azo groups is 1. The van der Waals surface area contributed by atoms with Crippen LogP contribution in [0.4, 0.5) is 11.4 Å². The number of aromatic hydroxyl groups is 1. The van der Waals surface area contributed by atoms with Crippen molar-refractivity contribution in [3.05, 3.63) is 63.5 Å². The van der Waals surface area contributed by atoms with Crippen LogP contribution in [0.1, 0.15) is 5.69 Å². The lowest BCUT2D eigenvalue weighted by Crippen LogP contribution is -2.13. The largest absolute Gasteiger partial charge is 0.506 e. The summed E-state index contributed by atoms with van der Waals surface area (Å²) in [5.74, 6) is -0.308. The third-order valence-corrected chi connectivity index (χ3v) is 4.82. The van der Waals surface area contributed by atoms with E-state index in [0.29, 0.717) is 16.4 Å². The number of phenolic OH excluding ortho intramolecular Hbond substituents is 1. The Hall–Kier alpha value is -2.95. The molecule has 1 aromatic heterocycles. The van der Waals surface area contributed by atoms with E-state index in [1.165, 1.54) is 4.68 Å². The van der Waals surface area contributed by atoms with Gasteiger partial charge in [-0.15, -0.1) is 10.2 Å². The van der Waals surface area contributed by atoms with Crippen LogP contribution in [0.25, 0.3) is 5.69 Å². The van der Waals surface area contributed by atoms with E-state index in [4.69, 9.17) is 16.7 Å². The highest BCUT2D eigenvalue weighted by molar-refractivity contribution is 7.89. The fourth-order valence-electron chi connectivity index (χ4n) is 2.29. The van der Waals surface area contributed by atoms with E-state index in [0.717, 1.165) is 18.2 Å². The molecule has 0 atom stereocenters. The van der Waals surface area contributed by atoms with Gasteiger partial charge in [0.2, 0.25) is 10.0 Å². The molecule has 4 N–H and O–H groups in total. The minimum atomic E-state index is -3.97. The fourth-order valence-corrected chi connectivity index (χ4v) is 2.95. The van der Waals surface area contributed by atoms with Crippen LogP contribution in [0.3, 0.4) is 0 Å². The normalized spacial score (nSPS) is 12.0. The first-order chi connectivity index (χ1) is 12.7. The van der Waals surface area contributed by atoms with Crippen LogP contribution < -0.4 is 10.7 Å². The van der Waals surface area contributed by atoms with E-state index >= 15 is 0 Å². The number of nitrogens with two attached hydrogens (primary N) is 1. The Bertz CT molecular complexity index is 1200. The second-order valence-corrected chi connectivity index (χ2v) is 7.60. The molecule has 1 heterocycles. The second-order valence-electron chi connectivity index (χ2n) is 5.60. The number of aryl methyl sites for hydroxylation is 1.